The quantitative estimate of drug-likeness (QED) is 0.726. The van der Waals surface area contributed by atoms with Crippen LogP contribution in [-0.2, 0) is 10.0 Å². The minimum Gasteiger partial charge on any atom is -0.398 e. The van der Waals surface area contributed by atoms with Crippen molar-refractivity contribution in [3.8, 4) is 0 Å². The van der Waals surface area contributed by atoms with E-state index in [1.54, 1.807) is 0 Å². The summed E-state index contributed by atoms with van der Waals surface area (Å²) in [5.74, 6) is 0. The molecule has 8 heteroatoms. The van der Waals surface area contributed by atoms with Gasteiger partial charge in [-0.15, -0.1) is 0 Å². The summed E-state index contributed by atoms with van der Waals surface area (Å²) in [4.78, 5) is -0.201. The van der Waals surface area contributed by atoms with Gasteiger partial charge in [-0.05, 0) is 25.0 Å². The molecule has 4 N–H and O–H groups in total. The molecule has 1 aliphatic rings. The summed E-state index contributed by atoms with van der Waals surface area (Å²) in [5, 5.41) is 10.6. The van der Waals surface area contributed by atoms with E-state index < -0.39 is 15.6 Å². The zero-order chi connectivity index (χ0) is 15.7. The van der Waals surface area contributed by atoms with E-state index in [2.05, 4.69) is 4.72 Å². The van der Waals surface area contributed by atoms with E-state index in [1.807, 2.05) is 0 Å². The summed E-state index contributed by atoms with van der Waals surface area (Å²) in [5.41, 5.74) is 4.68. The van der Waals surface area contributed by atoms with Gasteiger partial charge in [-0.1, -0.05) is 42.5 Å². The highest BCUT2D eigenvalue weighted by Gasteiger charge is 2.32. The van der Waals surface area contributed by atoms with Gasteiger partial charge in [0, 0.05) is 11.6 Å². The fourth-order valence-corrected chi connectivity index (χ4v) is 4.65. The number of aliphatic hydroxyl groups is 1. The number of hydrogen-bond donors (Lipinski definition) is 3. The van der Waals surface area contributed by atoms with Gasteiger partial charge in [0.15, 0.2) is 0 Å². The van der Waals surface area contributed by atoms with Crippen LogP contribution in [0.2, 0.25) is 10.0 Å². The Labute approximate surface area is 134 Å². The van der Waals surface area contributed by atoms with Gasteiger partial charge in [0.1, 0.15) is 4.90 Å². The normalized spacial score (nSPS) is 18.6. The van der Waals surface area contributed by atoms with Crippen molar-refractivity contribution in [3.63, 3.8) is 0 Å². The molecular weight excluding hydrogens is 335 g/mol. The van der Waals surface area contributed by atoms with Crippen LogP contribution in [0, 0.1) is 0 Å². The molecule has 2 rings (SSSR count). The van der Waals surface area contributed by atoms with Crippen LogP contribution in [-0.4, -0.2) is 25.7 Å². The first-order valence-corrected chi connectivity index (χ1v) is 8.94. The van der Waals surface area contributed by atoms with Crippen LogP contribution in [0.5, 0.6) is 0 Å². The Morgan fingerprint density at radius 3 is 2.43 bits per heavy atom. The van der Waals surface area contributed by atoms with Gasteiger partial charge in [0.2, 0.25) is 10.0 Å². The second-order valence-electron chi connectivity index (χ2n) is 5.42. The molecule has 5 nitrogen and oxygen atoms in total. The van der Waals surface area contributed by atoms with Crippen molar-refractivity contribution < 1.29 is 13.5 Å². The third-order valence-corrected chi connectivity index (χ3v) is 5.83. The predicted octanol–water partition coefficient (Wildman–Crippen LogP) is 2.55. The molecule has 0 unspecified atom stereocenters. The first kappa shape index (κ1) is 16.8. The topological polar surface area (TPSA) is 92.4 Å². The highest BCUT2D eigenvalue weighted by atomic mass is 35.5. The molecule has 1 aliphatic carbocycles. The number of hydrogen-bond acceptors (Lipinski definition) is 4. The van der Waals surface area contributed by atoms with Crippen LogP contribution < -0.4 is 10.5 Å². The van der Waals surface area contributed by atoms with Crippen LogP contribution in [0.15, 0.2) is 17.0 Å². The van der Waals surface area contributed by atoms with Gasteiger partial charge in [-0.3, -0.25) is 0 Å². The minimum atomic E-state index is -3.90. The molecule has 0 saturated heterocycles. The average Bonchev–Trinajstić information content (AvgIpc) is 2.36. The van der Waals surface area contributed by atoms with Crippen molar-refractivity contribution in [1.29, 1.82) is 0 Å². The van der Waals surface area contributed by atoms with Crippen LogP contribution >= 0.6 is 23.2 Å². The highest BCUT2D eigenvalue weighted by Crippen LogP contribution is 2.32. The van der Waals surface area contributed by atoms with Crippen LogP contribution in [0.4, 0.5) is 5.69 Å². The summed E-state index contributed by atoms with van der Waals surface area (Å²) >= 11 is 11.7. The van der Waals surface area contributed by atoms with E-state index in [4.69, 9.17) is 28.9 Å². The average molecular weight is 353 g/mol. The van der Waals surface area contributed by atoms with Gasteiger partial charge >= 0.3 is 0 Å². The number of rotatable bonds is 4. The standard InChI is InChI=1S/C13H18Cl2N2O3S/c14-9-6-10(15)12(11(16)7-9)21(19,20)17-8-13(18)4-2-1-3-5-13/h6-7,17-18H,1-5,8,16H2. The maximum Gasteiger partial charge on any atom is 0.244 e. The first-order chi connectivity index (χ1) is 9.73. The molecule has 0 atom stereocenters. The molecule has 118 valence electrons. The number of nitrogens with two attached hydrogens (primary N) is 1. The molecule has 0 aliphatic heterocycles. The molecule has 1 fully saturated rings. The summed E-state index contributed by atoms with van der Waals surface area (Å²) in [7, 11) is -3.90. The number of halogens is 2. The SMILES string of the molecule is Nc1cc(Cl)cc(Cl)c1S(=O)(=O)NCC1(O)CCCCC1. The molecule has 1 aromatic carbocycles. The highest BCUT2D eigenvalue weighted by molar-refractivity contribution is 7.89. The molecular formula is C13H18Cl2N2O3S. The van der Waals surface area contributed by atoms with Gasteiger partial charge < -0.3 is 10.8 Å². The summed E-state index contributed by atoms with van der Waals surface area (Å²) in [6.07, 6.45) is 4.01. The van der Waals surface area contributed by atoms with Crippen molar-refractivity contribution in [3.05, 3.63) is 22.2 Å². The second-order valence-corrected chi connectivity index (χ2v) is 7.96. The maximum atomic E-state index is 12.3. The van der Waals surface area contributed by atoms with Gasteiger partial charge in [-0.25, -0.2) is 13.1 Å². The number of nitrogen functional groups attached to an aromatic ring is 1. The van der Waals surface area contributed by atoms with Crippen molar-refractivity contribution in [2.24, 2.45) is 0 Å². The maximum absolute atomic E-state index is 12.3. The van der Waals surface area contributed by atoms with Gasteiger partial charge in [0.05, 0.1) is 16.3 Å². The van der Waals surface area contributed by atoms with Crippen LogP contribution in [0.3, 0.4) is 0 Å². The zero-order valence-electron chi connectivity index (χ0n) is 11.4. The fourth-order valence-electron chi connectivity index (χ4n) is 2.55. The molecule has 0 amide bonds. The van der Waals surface area contributed by atoms with Crippen LogP contribution in [0.25, 0.3) is 0 Å². The van der Waals surface area contributed by atoms with Crippen molar-refractivity contribution in [2.45, 2.75) is 42.6 Å². The van der Waals surface area contributed by atoms with E-state index in [0.717, 1.165) is 19.3 Å². The monoisotopic (exact) mass is 352 g/mol. The van der Waals surface area contributed by atoms with Crippen LogP contribution in [0.1, 0.15) is 32.1 Å². The lowest BCUT2D eigenvalue weighted by atomic mass is 9.85. The molecule has 0 heterocycles. The Balaban J connectivity index is 2.19. The Morgan fingerprint density at radius 2 is 1.86 bits per heavy atom. The fraction of sp³-hybridized carbons (Fsp3) is 0.538. The Morgan fingerprint density at radius 1 is 1.24 bits per heavy atom. The number of benzene rings is 1. The lowest BCUT2D eigenvalue weighted by molar-refractivity contribution is 0.00946. The Hall–Kier alpha value is -0.530. The number of anilines is 1. The molecule has 0 spiro atoms. The second kappa shape index (κ2) is 6.30. The van der Waals surface area contributed by atoms with Crippen molar-refractivity contribution in [2.75, 3.05) is 12.3 Å². The first-order valence-electron chi connectivity index (χ1n) is 6.70. The molecule has 1 aromatic rings. The Bertz CT molecular complexity index is 605. The molecule has 21 heavy (non-hydrogen) atoms. The molecule has 0 aromatic heterocycles. The zero-order valence-corrected chi connectivity index (χ0v) is 13.7. The van der Waals surface area contributed by atoms with Gasteiger partial charge in [-0.2, -0.15) is 0 Å². The number of nitrogens with one attached hydrogen (secondary N) is 1. The third kappa shape index (κ3) is 4.02. The van der Waals surface area contributed by atoms with E-state index in [1.165, 1.54) is 12.1 Å². The lowest BCUT2D eigenvalue weighted by Crippen LogP contribution is -2.44. The Kier molecular flexibility index (Phi) is 5.05. The summed E-state index contributed by atoms with van der Waals surface area (Å²) in [6, 6.07) is 2.65. The molecule has 0 bridgehead atoms. The molecule has 1 saturated carbocycles. The van der Waals surface area contributed by atoms with E-state index in [9.17, 15) is 13.5 Å². The lowest BCUT2D eigenvalue weighted by Gasteiger charge is -2.32. The summed E-state index contributed by atoms with van der Waals surface area (Å²) < 4.78 is 27.1. The number of sulfonamides is 1. The van der Waals surface area contributed by atoms with Crippen molar-refractivity contribution >= 4 is 38.9 Å². The van der Waals surface area contributed by atoms with Gasteiger partial charge in [0.25, 0.3) is 0 Å². The predicted molar refractivity (Wildman–Crippen MR) is 84.1 cm³/mol. The molecule has 0 radical (unpaired) electrons. The largest absolute Gasteiger partial charge is 0.398 e. The van der Waals surface area contributed by atoms with Crippen molar-refractivity contribution in [1.82, 2.24) is 4.72 Å². The van der Waals surface area contributed by atoms with E-state index in [-0.39, 0.29) is 27.2 Å². The third-order valence-electron chi connectivity index (χ3n) is 3.68. The minimum absolute atomic E-state index is 0.0179. The van der Waals surface area contributed by atoms with E-state index in [0.29, 0.717) is 12.8 Å². The summed E-state index contributed by atoms with van der Waals surface area (Å²) in [6.45, 7) is -0.0479. The van der Waals surface area contributed by atoms with E-state index >= 15 is 0 Å². The smallest absolute Gasteiger partial charge is 0.244 e.